The molecule has 1 fully saturated rings. The highest BCUT2D eigenvalue weighted by Gasteiger charge is 2.22. The Morgan fingerprint density at radius 3 is 2.44 bits per heavy atom. The molecular weight excluding hydrogens is 368 g/mol. The van der Waals surface area contributed by atoms with Crippen molar-refractivity contribution >= 4 is 38.3 Å². The van der Waals surface area contributed by atoms with E-state index in [9.17, 15) is 18.0 Å². The number of amides is 1. The molecule has 1 aromatic heterocycles. The van der Waals surface area contributed by atoms with E-state index in [2.05, 4.69) is 4.72 Å². The normalized spacial score (nSPS) is 14.7. The molecule has 1 N–H and O–H groups in total. The Morgan fingerprint density at radius 1 is 0.963 bits per heavy atom. The van der Waals surface area contributed by atoms with Crippen molar-refractivity contribution in [3.8, 4) is 0 Å². The minimum Gasteiger partial charge on any atom is -0.423 e. The van der Waals surface area contributed by atoms with Gasteiger partial charge in [0.15, 0.2) is 0 Å². The summed E-state index contributed by atoms with van der Waals surface area (Å²) >= 11 is 0. The second-order valence-electron chi connectivity index (χ2n) is 6.26. The van der Waals surface area contributed by atoms with Gasteiger partial charge in [0.2, 0.25) is 5.91 Å². The van der Waals surface area contributed by atoms with Crippen molar-refractivity contribution in [1.82, 2.24) is 0 Å². The number of hydrogen-bond donors (Lipinski definition) is 1. The molecule has 0 atom stereocenters. The minimum absolute atomic E-state index is 0.0580. The second-order valence-corrected chi connectivity index (χ2v) is 7.94. The van der Waals surface area contributed by atoms with Crippen LogP contribution in [-0.4, -0.2) is 20.9 Å². The van der Waals surface area contributed by atoms with Crippen LogP contribution in [0.4, 0.5) is 11.4 Å². The van der Waals surface area contributed by atoms with Crippen molar-refractivity contribution in [2.75, 3.05) is 16.2 Å². The number of anilines is 2. The Balaban J connectivity index is 1.58. The van der Waals surface area contributed by atoms with Crippen LogP contribution in [0, 0.1) is 0 Å². The lowest BCUT2D eigenvalue weighted by molar-refractivity contribution is -0.117. The molecule has 1 aliphatic rings. The fourth-order valence-corrected chi connectivity index (χ4v) is 4.16. The van der Waals surface area contributed by atoms with E-state index in [1.54, 1.807) is 29.2 Å². The Kier molecular flexibility index (Phi) is 4.19. The van der Waals surface area contributed by atoms with Gasteiger partial charge in [-0.15, -0.1) is 0 Å². The van der Waals surface area contributed by atoms with Gasteiger partial charge < -0.3 is 9.32 Å². The van der Waals surface area contributed by atoms with Gasteiger partial charge in [0.1, 0.15) is 5.58 Å². The van der Waals surface area contributed by atoms with E-state index in [4.69, 9.17) is 4.42 Å². The van der Waals surface area contributed by atoms with Crippen LogP contribution in [-0.2, 0) is 14.8 Å². The maximum Gasteiger partial charge on any atom is 0.336 e. The van der Waals surface area contributed by atoms with Crippen LogP contribution in [0.2, 0.25) is 0 Å². The third-order valence-electron chi connectivity index (χ3n) is 4.41. The van der Waals surface area contributed by atoms with Crippen molar-refractivity contribution < 1.29 is 17.6 Å². The molecule has 0 bridgehead atoms. The molecule has 138 valence electrons. The van der Waals surface area contributed by atoms with Crippen molar-refractivity contribution in [3.63, 3.8) is 0 Å². The zero-order chi connectivity index (χ0) is 19.0. The van der Waals surface area contributed by atoms with Gasteiger partial charge in [0.05, 0.1) is 4.90 Å². The Bertz CT molecular complexity index is 1180. The molecule has 2 heterocycles. The Labute approximate surface area is 155 Å². The van der Waals surface area contributed by atoms with Crippen LogP contribution < -0.4 is 15.2 Å². The molecule has 0 aliphatic carbocycles. The molecule has 1 amide bonds. The molecule has 8 heteroatoms. The number of hydrogen-bond acceptors (Lipinski definition) is 5. The van der Waals surface area contributed by atoms with Gasteiger partial charge in [-0.2, -0.15) is 0 Å². The van der Waals surface area contributed by atoms with E-state index in [0.29, 0.717) is 29.6 Å². The number of nitrogens with zero attached hydrogens (tertiary/aromatic N) is 1. The summed E-state index contributed by atoms with van der Waals surface area (Å²) < 4.78 is 32.8. The lowest BCUT2D eigenvalue weighted by Gasteiger charge is -2.16. The van der Waals surface area contributed by atoms with E-state index in [-0.39, 0.29) is 10.8 Å². The first kappa shape index (κ1) is 17.3. The maximum atomic E-state index is 12.6. The van der Waals surface area contributed by atoms with E-state index < -0.39 is 15.6 Å². The van der Waals surface area contributed by atoms with Crippen molar-refractivity contribution in [2.24, 2.45) is 0 Å². The van der Waals surface area contributed by atoms with Crippen molar-refractivity contribution in [1.29, 1.82) is 0 Å². The average molecular weight is 384 g/mol. The predicted molar refractivity (Wildman–Crippen MR) is 101 cm³/mol. The summed E-state index contributed by atoms with van der Waals surface area (Å²) in [5.74, 6) is 0.0751. The third kappa shape index (κ3) is 3.43. The van der Waals surface area contributed by atoms with Gasteiger partial charge in [-0.1, -0.05) is 0 Å². The van der Waals surface area contributed by atoms with E-state index in [1.165, 1.54) is 30.3 Å². The molecule has 0 saturated carbocycles. The molecule has 0 unspecified atom stereocenters. The summed E-state index contributed by atoms with van der Waals surface area (Å²) in [6, 6.07) is 13.7. The SMILES string of the molecule is O=C1CCCN1c1ccc(NS(=O)(=O)c2ccc3oc(=O)ccc3c2)cc1. The summed E-state index contributed by atoms with van der Waals surface area (Å²) in [6.07, 6.45) is 1.37. The highest BCUT2D eigenvalue weighted by molar-refractivity contribution is 7.92. The van der Waals surface area contributed by atoms with Crippen LogP contribution in [0.1, 0.15) is 12.8 Å². The number of fused-ring (bicyclic) bond motifs is 1. The summed E-state index contributed by atoms with van der Waals surface area (Å²) in [5, 5.41) is 0.514. The topological polar surface area (TPSA) is 96.7 Å². The summed E-state index contributed by atoms with van der Waals surface area (Å²) in [7, 11) is -3.81. The molecule has 4 rings (SSSR count). The molecule has 27 heavy (non-hydrogen) atoms. The quantitative estimate of drug-likeness (QED) is 0.698. The van der Waals surface area contributed by atoms with Crippen LogP contribution >= 0.6 is 0 Å². The third-order valence-corrected chi connectivity index (χ3v) is 5.78. The summed E-state index contributed by atoms with van der Waals surface area (Å²) in [4.78, 5) is 24.8. The number of sulfonamides is 1. The fourth-order valence-electron chi connectivity index (χ4n) is 3.06. The molecule has 2 aromatic carbocycles. The lowest BCUT2D eigenvalue weighted by atomic mass is 10.2. The lowest BCUT2D eigenvalue weighted by Crippen LogP contribution is -2.23. The molecule has 1 aliphatic heterocycles. The van der Waals surface area contributed by atoms with Gasteiger partial charge in [0, 0.05) is 35.8 Å². The van der Waals surface area contributed by atoms with Gasteiger partial charge in [-0.05, 0) is 55.0 Å². The first-order valence-corrected chi connectivity index (χ1v) is 9.88. The van der Waals surface area contributed by atoms with E-state index in [1.807, 2.05) is 0 Å². The predicted octanol–water partition coefficient (Wildman–Crippen LogP) is 2.72. The monoisotopic (exact) mass is 384 g/mol. The summed E-state index contributed by atoms with van der Waals surface area (Å²) in [6.45, 7) is 0.678. The number of carbonyl (C=O) groups excluding carboxylic acids is 1. The van der Waals surface area contributed by atoms with Crippen molar-refractivity contribution in [3.05, 3.63) is 65.0 Å². The van der Waals surface area contributed by atoms with E-state index >= 15 is 0 Å². The standard InChI is InChI=1S/C19H16N2O5S/c22-18-2-1-11-21(18)15-6-4-14(5-7-15)20-27(24,25)16-8-9-17-13(12-16)3-10-19(23)26-17/h3-10,12,20H,1-2,11H2. The number of nitrogens with one attached hydrogen (secondary N) is 1. The molecule has 7 nitrogen and oxygen atoms in total. The van der Waals surface area contributed by atoms with Crippen LogP contribution in [0.3, 0.4) is 0 Å². The Morgan fingerprint density at radius 2 is 1.74 bits per heavy atom. The largest absolute Gasteiger partial charge is 0.423 e. The van der Waals surface area contributed by atoms with Crippen LogP contribution in [0.15, 0.2) is 68.7 Å². The Hall–Kier alpha value is -3.13. The number of benzene rings is 2. The van der Waals surface area contributed by atoms with Crippen molar-refractivity contribution in [2.45, 2.75) is 17.7 Å². The maximum absolute atomic E-state index is 12.6. The fraction of sp³-hybridized carbons (Fsp3) is 0.158. The minimum atomic E-state index is -3.81. The number of carbonyl (C=O) groups is 1. The number of rotatable bonds is 4. The molecule has 1 saturated heterocycles. The molecule has 3 aromatic rings. The highest BCUT2D eigenvalue weighted by Crippen LogP contribution is 2.25. The first-order valence-electron chi connectivity index (χ1n) is 8.40. The van der Waals surface area contributed by atoms with Gasteiger partial charge in [-0.3, -0.25) is 9.52 Å². The molecular formula is C19H16N2O5S. The van der Waals surface area contributed by atoms with E-state index in [0.717, 1.165) is 12.1 Å². The average Bonchev–Trinajstić information content (AvgIpc) is 3.07. The molecule has 0 radical (unpaired) electrons. The van der Waals surface area contributed by atoms with Crippen LogP contribution in [0.5, 0.6) is 0 Å². The zero-order valence-electron chi connectivity index (χ0n) is 14.2. The summed E-state index contributed by atoms with van der Waals surface area (Å²) in [5.41, 5.74) is 0.972. The zero-order valence-corrected chi connectivity index (χ0v) is 15.0. The van der Waals surface area contributed by atoms with Gasteiger partial charge >= 0.3 is 5.63 Å². The van der Waals surface area contributed by atoms with Gasteiger partial charge in [0.25, 0.3) is 10.0 Å². The highest BCUT2D eigenvalue weighted by atomic mass is 32.2. The molecule has 0 spiro atoms. The first-order chi connectivity index (χ1) is 12.9. The van der Waals surface area contributed by atoms with Crippen LogP contribution in [0.25, 0.3) is 11.0 Å². The van der Waals surface area contributed by atoms with Gasteiger partial charge in [-0.25, -0.2) is 13.2 Å². The second kappa shape index (κ2) is 6.55. The smallest absolute Gasteiger partial charge is 0.336 e.